The summed E-state index contributed by atoms with van der Waals surface area (Å²) in [5.41, 5.74) is 1.23. The van der Waals surface area contributed by atoms with Crippen LogP contribution in [0.2, 0.25) is 0 Å². The summed E-state index contributed by atoms with van der Waals surface area (Å²) >= 11 is 5.68. The molecule has 0 aliphatic carbocycles. The van der Waals surface area contributed by atoms with Crippen molar-refractivity contribution in [2.45, 2.75) is 18.9 Å². The van der Waals surface area contributed by atoms with Crippen LogP contribution in [0, 0.1) is 17.2 Å². The van der Waals surface area contributed by atoms with Crippen LogP contribution in [-0.4, -0.2) is 12.0 Å². The van der Waals surface area contributed by atoms with Crippen LogP contribution in [0.3, 0.4) is 0 Å². The fourth-order valence-electron chi connectivity index (χ4n) is 1.85. The normalized spacial score (nSPS) is 20.1. The van der Waals surface area contributed by atoms with Gasteiger partial charge in [-0.25, -0.2) is 0 Å². The van der Waals surface area contributed by atoms with Gasteiger partial charge in [0.25, 0.3) is 0 Å². The van der Waals surface area contributed by atoms with Crippen LogP contribution in [0.25, 0.3) is 0 Å². The van der Waals surface area contributed by atoms with Crippen molar-refractivity contribution in [3.8, 4) is 11.8 Å². The van der Waals surface area contributed by atoms with Crippen molar-refractivity contribution in [3.05, 3.63) is 29.8 Å². The highest BCUT2D eigenvalue weighted by atomic mass is 35.5. The van der Waals surface area contributed by atoms with Gasteiger partial charge in [0, 0.05) is 18.7 Å². The SMILES string of the molecule is N#CC(CCl)CC1Cc2ccccc2O1. The molecular formula is C12H12ClNO. The Morgan fingerprint density at radius 2 is 2.33 bits per heavy atom. The molecule has 1 heterocycles. The number of ether oxygens (including phenoxy) is 1. The van der Waals surface area contributed by atoms with Crippen molar-refractivity contribution in [1.29, 1.82) is 5.26 Å². The molecule has 0 aromatic heterocycles. The monoisotopic (exact) mass is 221 g/mol. The van der Waals surface area contributed by atoms with Crippen molar-refractivity contribution < 1.29 is 4.74 Å². The van der Waals surface area contributed by atoms with Gasteiger partial charge in [-0.05, 0) is 11.6 Å². The van der Waals surface area contributed by atoms with E-state index in [0.29, 0.717) is 12.3 Å². The first-order valence-electron chi connectivity index (χ1n) is 5.03. The van der Waals surface area contributed by atoms with E-state index in [4.69, 9.17) is 21.6 Å². The van der Waals surface area contributed by atoms with Gasteiger partial charge in [0.05, 0.1) is 12.0 Å². The van der Waals surface area contributed by atoms with Crippen molar-refractivity contribution >= 4 is 11.6 Å². The van der Waals surface area contributed by atoms with Crippen LogP contribution >= 0.6 is 11.6 Å². The molecule has 0 saturated heterocycles. The minimum Gasteiger partial charge on any atom is -0.490 e. The van der Waals surface area contributed by atoms with Gasteiger partial charge in [-0.3, -0.25) is 0 Å². The van der Waals surface area contributed by atoms with Crippen LogP contribution in [0.5, 0.6) is 5.75 Å². The molecule has 0 spiro atoms. The molecule has 78 valence electrons. The van der Waals surface area contributed by atoms with E-state index in [1.165, 1.54) is 5.56 Å². The molecule has 1 aliphatic heterocycles. The van der Waals surface area contributed by atoms with E-state index in [-0.39, 0.29) is 12.0 Å². The Bertz CT molecular complexity index is 360. The molecule has 0 bridgehead atoms. The van der Waals surface area contributed by atoms with Gasteiger partial charge in [0.1, 0.15) is 11.9 Å². The number of nitrogens with zero attached hydrogens (tertiary/aromatic N) is 1. The first kappa shape index (κ1) is 10.3. The number of fused-ring (bicyclic) bond motifs is 1. The predicted octanol–water partition coefficient (Wildman–Crippen LogP) is 2.76. The second-order valence-corrected chi connectivity index (χ2v) is 4.08. The van der Waals surface area contributed by atoms with E-state index in [2.05, 4.69) is 12.1 Å². The number of nitriles is 1. The number of benzene rings is 1. The second kappa shape index (κ2) is 4.55. The van der Waals surface area contributed by atoms with Crippen LogP contribution in [0.1, 0.15) is 12.0 Å². The Hall–Kier alpha value is -1.20. The predicted molar refractivity (Wildman–Crippen MR) is 59.0 cm³/mol. The van der Waals surface area contributed by atoms with Gasteiger partial charge in [0.2, 0.25) is 0 Å². The lowest BCUT2D eigenvalue weighted by Gasteiger charge is -2.12. The molecule has 2 unspecified atom stereocenters. The number of hydrogen-bond acceptors (Lipinski definition) is 2. The number of rotatable bonds is 3. The Labute approximate surface area is 94.4 Å². The summed E-state index contributed by atoms with van der Waals surface area (Å²) in [6.07, 6.45) is 1.73. The van der Waals surface area contributed by atoms with Crippen molar-refractivity contribution in [1.82, 2.24) is 0 Å². The standard InChI is InChI=1S/C12H12ClNO/c13-7-9(8-14)5-11-6-10-3-1-2-4-12(10)15-11/h1-4,9,11H,5-7H2. The fourth-order valence-corrected chi connectivity index (χ4v) is 2.05. The number of alkyl halides is 1. The molecule has 0 radical (unpaired) electrons. The molecule has 0 amide bonds. The van der Waals surface area contributed by atoms with Crippen molar-refractivity contribution in [2.24, 2.45) is 5.92 Å². The summed E-state index contributed by atoms with van der Waals surface area (Å²) in [4.78, 5) is 0. The Kier molecular flexibility index (Phi) is 3.13. The second-order valence-electron chi connectivity index (χ2n) is 3.77. The van der Waals surface area contributed by atoms with Gasteiger partial charge in [-0.15, -0.1) is 11.6 Å². The Morgan fingerprint density at radius 1 is 1.53 bits per heavy atom. The fraction of sp³-hybridized carbons (Fsp3) is 0.417. The van der Waals surface area contributed by atoms with Crippen LogP contribution < -0.4 is 4.74 Å². The third-order valence-corrected chi connectivity index (χ3v) is 3.00. The van der Waals surface area contributed by atoms with Gasteiger partial charge in [-0.1, -0.05) is 18.2 Å². The smallest absolute Gasteiger partial charge is 0.123 e. The molecular weight excluding hydrogens is 210 g/mol. The summed E-state index contributed by atoms with van der Waals surface area (Å²) in [6, 6.07) is 10.2. The maximum Gasteiger partial charge on any atom is 0.123 e. The average molecular weight is 222 g/mol. The highest BCUT2D eigenvalue weighted by molar-refractivity contribution is 6.18. The van der Waals surface area contributed by atoms with Crippen LogP contribution in [0.4, 0.5) is 0 Å². The zero-order valence-electron chi connectivity index (χ0n) is 8.32. The molecule has 3 heteroatoms. The van der Waals surface area contributed by atoms with E-state index in [9.17, 15) is 0 Å². The molecule has 0 saturated carbocycles. The third kappa shape index (κ3) is 2.24. The molecule has 1 aliphatic rings. The molecule has 1 aromatic rings. The quantitative estimate of drug-likeness (QED) is 0.736. The van der Waals surface area contributed by atoms with Gasteiger partial charge in [0.15, 0.2) is 0 Å². The lowest BCUT2D eigenvalue weighted by molar-refractivity contribution is 0.209. The Morgan fingerprint density at radius 3 is 3.00 bits per heavy atom. The largest absolute Gasteiger partial charge is 0.490 e. The summed E-state index contributed by atoms with van der Waals surface area (Å²) in [5, 5.41) is 8.81. The number of halogens is 1. The van der Waals surface area contributed by atoms with E-state index >= 15 is 0 Å². The molecule has 2 atom stereocenters. The minimum absolute atomic E-state index is 0.106. The summed E-state index contributed by atoms with van der Waals surface area (Å²) < 4.78 is 5.73. The van der Waals surface area contributed by atoms with Crippen molar-refractivity contribution in [2.75, 3.05) is 5.88 Å². The zero-order chi connectivity index (χ0) is 10.7. The van der Waals surface area contributed by atoms with Gasteiger partial charge < -0.3 is 4.74 Å². The maximum absolute atomic E-state index is 8.81. The summed E-state index contributed by atoms with van der Waals surface area (Å²) in [7, 11) is 0. The van der Waals surface area contributed by atoms with Gasteiger partial charge >= 0.3 is 0 Å². The highest BCUT2D eigenvalue weighted by Gasteiger charge is 2.24. The average Bonchev–Trinajstić information content (AvgIpc) is 2.68. The molecule has 1 aromatic carbocycles. The Balaban J connectivity index is 1.99. The first-order valence-corrected chi connectivity index (χ1v) is 5.57. The molecule has 15 heavy (non-hydrogen) atoms. The van der Waals surface area contributed by atoms with E-state index in [1.807, 2.05) is 18.2 Å². The summed E-state index contributed by atoms with van der Waals surface area (Å²) in [6.45, 7) is 0. The number of hydrogen-bond donors (Lipinski definition) is 0. The molecule has 2 rings (SSSR count). The maximum atomic E-state index is 8.81. The summed E-state index contributed by atoms with van der Waals surface area (Å²) in [5.74, 6) is 1.23. The minimum atomic E-state index is -0.106. The number of para-hydroxylation sites is 1. The van der Waals surface area contributed by atoms with Crippen LogP contribution in [-0.2, 0) is 6.42 Å². The highest BCUT2D eigenvalue weighted by Crippen LogP contribution is 2.30. The zero-order valence-corrected chi connectivity index (χ0v) is 9.07. The van der Waals surface area contributed by atoms with E-state index < -0.39 is 0 Å². The third-order valence-electron chi connectivity index (χ3n) is 2.63. The molecule has 2 nitrogen and oxygen atoms in total. The first-order chi connectivity index (χ1) is 7.33. The van der Waals surface area contributed by atoms with Gasteiger partial charge in [-0.2, -0.15) is 5.26 Å². The lowest BCUT2D eigenvalue weighted by atomic mass is 10.0. The van der Waals surface area contributed by atoms with Crippen molar-refractivity contribution in [3.63, 3.8) is 0 Å². The van der Waals surface area contributed by atoms with E-state index in [0.717, 1.165) is 12.2 Å². The lowest BCUT2D eigenvalue weighted by Crippen LogP contribution is -2.18. The molecule has 0 fully saturated rings. The van der Waals surface area contributed by atoms with Crippen LogP contribution in [0.15, 0.2) is 24.3 Å². The van der Waals surface area contributed by atoms with E-state index in [1.54, 1.807) is 0 Å². The molecule has 0 N–H and O–H groups in total. The topological polar surface area (TPSA) is 33.0 Å².